The zero-order valence-electron chi connectivity index (χ0n) is 15.8. The van der Waals surface area contributed by atoms with E-state index in [0.29, 0.717) is 31.0 Å². The van der Waals surface area contributed by atoms with Gasteiger partial charge in [-0.2, -0.15) is 0 Å². The van der Waals surface area contributed by atoms with E-state index >= 15 is 0 Å². The SMILES string of the molecule is COc1ccc(S(=O)(=O)NC[C@@H]2CCCO2)cc1C(=O)N1CCCCCC1. The number of likely N-dealkylation sites (tertiary alicyclic amines) is 1. The highest BCUT2D eigenvalue weighted by molar-refractivity contribution is 7.89. The van der Waals surface area contributed by atoms with Crippen LogP contribution in [-0.4, -0.2) is 58.7 Å². The minimum atomic E-state index is -3.72. The number of sulfonamides is 1. The van der Waals surface area contributed by atoms with Crippen molar-refractivity contribution in [2.45, 2.75) is 49.5 Å². The Kier molecular flexibility index (Phi) is 6.73. The lowest BCUT2D eigenvalue weighted by molar-refractivity contribution is 0.0758. The predicted molar refractivity (Wildman–Crippen MR) is 102 cm³/mol. The van der Waals surface area contributed by atoms with Crippen molar-refractivity contribution >= 4 is 15.9 Å². The summed E-state index contributed by atoms with van der Waals surface area (Å²) in [6, 6.07) is 4.44. The van der Waals surface area contributed by atoms with Crippen molar-refractivity contribution in [2.75, 3.05) is 33.4 Å². The third-order valence-electron chi connectivity index (χ3n) is 5.13. The second-order valence-corrected chi connectivity index (χ2v) is 8.82. The first-order valence-corrected chi connectivity index (χ1v) is 11.1. The molecule has 0 spiro atoms. The van der Waals surface area contributed by atoms with Gasteiger partial charge in [0, 0.05) is 26.2 Å². The average Bonchev–Trinajstić information content (AvgIpc) is 3.06. The molecule has 27 heavy (non-hydrogen) atoms. The monoisotopic (exact) mass is 396 g/mol. The molecule has 7 nitrogen and oxygen atoms in total. The minimum absolute atomic E-state index is 0.0690. The number of ether oxygens (including phenoxy) is 2. The van der Waals surface area contributed by atoms with Gasteiger partial charge in [-0.05, 0) is 43.9 Å². The van der Waals surface area contributed by atoms with Crippen LogP contribution in [0.25, 0.3) is 0 Å². The maximum Gasteiger partial charge on any atom is 0.257 e. The van der Waals surface area contributed by atoms with E-state index in [2.05, 4.69) is 4.72 Å². The van der Waals surface area contributed by atoms with Crippen LogP contribution in [0.3, 0.4) is 0 Å². The molecule has 1 atom stereocenters. The van der Waals surface area contributed by atoms with E-state index in [4.69, 9.17) is 9.47 Å². The Balaban J connectivity index is 1.80. The summed E-state index contributed by atoms with van der Waals surface area (Å²) in [4.78, 5) is 14.9. The summed E-state index contributed by atoms with van der Waals surface area (Å²) < 4.78 is 38.7. The van der Waals surface area contributed by atoms with E-state index in [1.54, 1.807) is 11.0 Å². The number of hydrogen-bond donors (Lipinski definition) is 1. The molecule has 1 aromatic carbocycles. The third kappa shape index (κ3) is 5.00. The first-order chi connectivity index (χ1) is 13.0. The summed E-state index contributed by atoms with van der Waals surface area (Å²) in [6.07, 6.45) is 5.87. The van der Waals surface area contributed by atoms with Crippen molar-refractivity contribution < 1.29 is 22.7 Å². The number of nitrogens with one attached hydrogen (secondary N) is 1. The third-order valence-corrected chi connectivity index (χ3v) is 6.55. The predicted octanol–water partition coefficient (Wildman–Crippen LogP) is 2.17. The lowest BCUT2D eigenvalue weighted by Gasteiger charge is -2.22. The van der Waals surface area contributed by atoms with Crippen molar-refractivity contribution in [3.05, 3.63) is 23.8 Å². The fraction of sp³-hybridized carbons (Fsp3) is 0.632. The van der Waals surface area contributed by atoms with Gasteiger partial charge in [0.05, 0.1) is 23.7 Å². The minimum Gasteiger partial charge on any atom is -0.496 e. The smallest absolute Gasteiger partial charge is 0.257 e. The molecule has 2 aliphatic heterocycles. The summed E-state index contributed by atoms with van der Waals surface area (Å²) in [5.74, 6) is 0.215. The molecule has 0 aliphatic carbocycles. The molecule has 2 fully saturated rings. The van der Waals surface area contributed by atoms with Crippen LogP contribution in [-0.2, 0) is 14.8 Å². The van der Waals surface area contributed by atoms with Crippen LogP contribution in [0.1, 0.15) is 48.9 Å². The van der Waals surface area contributed by atoms with E-state index in [1.165, 1.54) is 19.2 Å². The molecule has 150 valence electrons. The normalized spacial score (nSPS) is 21.1. The number of hydrogen-bond acceptors (Lipinski definition) is 5. The van der Waals surface area contributed by atoms with E-state index in [0.717, 1.165) is 38.5 Å². The van der Waals surface area contributed by atoms with Crippen molar-refractivity contribution in [3.63, 3.8) is 0 Å². The highest BCUT2D eigenvalue weighted by Crippen LogP contribution is 2.25. The number of carbonyl (C=O) groups is 1. The second-order valence-electron chi connectivity index (χ2n) is 7.06. The molecule has 1 amide bonds. The lowest BCUT2D eigenvalue weighted by Crippen LogP contribution is -2.33. The molecule has 0 unspecified atom stereocenters. The van der Waals surface area contributed by atoms with Crippen LogP contribution >= 0.6 is 0 Å². The molecule has 8 heteroatoms. The van der Waals surface area contributed by atoms with Crippen LogP contribution in [0.5, 0.6) is 5.75 Å². The molecule has 0 saturated carbocycles. The Morgan fingerprint density at radius 3 is 2.59 bits per heavy atom. The quantitative estimate of drug-likeness (QED) is 0.797. The first-order valence-electron chi connectivity index (χ1n) is 9.60. The molecule has 0 aromatic heterocycles. The zero-order chi connectivity index (χ0) is 19.3. The van der Waals surface area contributed by atoms with Gasteiger partial charge in [0.15, 0.2) is 0 Å². The van der Waals surface area contributed by atoms with Gasteiger partial charge in [-0.3, -0.25) is 4.79 Å². The topological polar surface area (TPSA) is 84.9 Å². The molecule has 1 N–H and O–H groups in total. The number of nitrogens with zero attached hydrogens (tertiary/aromatic N) is 1. The Labute approximate surface area is 161 Å². The van der Waals surface area contributed by atoms with E-state index < -0.39 is 10.0 Å². The lowest BCUT2D eigenvalue weighted by atomic mass is 10.1. The van der Waals surface area contributed by atoms with Gasteiger partial charge in [-0.1, -0.05) is 12.8 Å². The second kappa shape index (κ2) is 9.03. The highest BCUT2D eigenvalue weighted by atomic mass is 32.2. The maximum absolute atomic E-state index is 13.0. The highest BCUT2D eigenvalue weighted by Gasteiger charge is 2.25. The Morgan fingerprint density at radius 2 is 1.96 bits per heavy atom. The largest absolute Gasteiger partial charge is 0.496 e. The molecule has 0 radical (unpaired) electrons. The van der Waals surface area contributed by atoms with Crippen molar-refractivity contribution in [2.24, 2.45) is 0 Å². The number of amides is 1. The van der Waals surface area contributed by atoms with Gasteiger partial charge in [-0.25, -0.2) is 13.1 Å². The molecular weight excluding hydrogens is 368 g/mol. The molecular formula is C19H28N2O5S. The van der Waals surface area contributed by atoms with E-state index in [9.17, 15) is 13.2 Å². The first kappa shape index (κ1) is 20.1. The van der Waals surface area contributed by atoms with Gasteiger partial charge in [0.1, 0.15) is 5.75 Å². The average molecular weight is 397 g/mol. The summed E-state index contributed by atoms with van der Waals surface area (Å²) in [5, 5.41) is 0. The standard InChI is InChI=1S/C19H28N2O5S/c1-25-18-9-8-16(27(23,24)20-14-15-7-6-12-26-15)13-17(18)19(22)21-10-4-2-3-5-11-21/h8-9,13,15,20H,2-7,10-12,14H2,1H3/t15-/m0/s1. The van der Waals surface area contributed by atoms with Gasteiger partial charge in [-0.15, -0.1) is 0 Å². The number of carbonyl (C=O) groups excluding carboxylic acids is 1. The van der Waals surface area contributed by atoms with E-state index in [1.807, 2.05) is 0 Å². The molecule has 2 aliphatic rings. The molecule has 0 bridgehead atoms. The van der Waals surface area contributed by atoms with Crippen LogP contribution in [0, 0.1) is 0 Å². The van der Waals surface area contributed by atoms with Gasteiger partial charge in [0.25, 0.3) is 5.91 Å². The molecule has 1 aromatic rings. The Bertz CT molecular complexity index is 751. The fourth-order valence-corrected chi connectivity index (χ4v) is 4.65. The Morgan fingerprint density at radius 1 is 1.22 bits per heavy atom. The summed E-state index contributed by atoms with van der Waals surface area (Å²) in [7, 11) is -2.24. The number of rotatable bonds is 6. The number of methoxy groups -OCH3 is 1. The van der Waals surface area contributed by atoms with Crippen LogP contribution < -0.4 is 9.46 Å². The van der Waals surface area contributed by atoms with Gasteiger partial charge < -0.3 is 14.4 Å². The van der Waals surface area contributed by atoms with Gasteiger partial charge in [0.2, 0.25) is 10.0 Å². The maximum atomic E-state index is 13.0. The zero-order valence-corrected chi connectivity index (χ0v) is 16.6. The van der Waals surface area contributed by atoms with Crippen LogP contribution in [0.15, 0.2) is 23.1 Å². The van der Waals surface area contributed by atoms with E-state index in [-0.39, 0.29) is 23.5 Å². The molecule has 2 heterocycles. The van der Waals surface area contributed by atoms with Crippen molar-refractivity contribution in [3.8, 4) is 5.75 Å². The van der Waals surface area contributed by atoms with Crippen molar-refractivity contribution in [1.82, 2.24) is 9.62 Å². The summed E-state index contributed by atoms with van der Waals surface area (Å²) in [5.41, 5.74) is 0.291. The number of benzene rings is 1. The summed E-state index contributed by atoms with van der Waals surface area (Å²) >= 11 is 0. The Hall–Kier alpha value is -1.64. The molecule has 2 saturated heterocycles. The molecule has 3 rings (SSSR count). The van der Waals surface area contributed by atoms with Crippen molar-refractivity contribution in [1.29, 1.82) is 0 Å². The van der Waals surface area contributed by atoms with Crippen LogP contribution in [0.4, 0.5) is 0 Å². The summed E-state index contributed by atoms with van der Waals surface area (Å²) in [6.45, 7) is 2.29. The fourth-order valence-electron chi connectivity index (χ4n) is 3.56. The van der Waals surface area contributed by atoms with Crippen LogP contribution in [0.2, 0.25) is 0 Å². The van der Waals surface area contributed by atoms with Gasteiger partial charge >= 0.3 is 0 Å².